The fourth-order valence-corrected chi connectivity index (χ4v) is 4.30. The Bertz CT molecular complexity index is 1540. The van der Waals surface area contributed by atoms with Gasteiger partial charge in [-0.25, -0.2) is 9.67 Å². The molecule has 0 amide bonds. The van der Waals surface area contributed by atoms with Crippen LogP contribution in [0.5, 0.6) is 11.5 Å². The number of aryl methyl sites for hydroxylation is 2. The topological polar surface area (TPSA) is 83.2 Å². The second-order valence-electron chi connectivity index (χ2n) is 7.75. The van der Waals surface area contributed by atoms with Gasteiger partial charge in [-0.05, 0) is 55.3 Å². The summed E-state index contributed by atoms with van der Waals surface area (Å²) in [4.78, 5) is 5.53. The maximum absolute atomic E-state index is 10.2. The molecule has 0 saturated heterocycles. The van der Waals surface area contributed by atoms with E-state index in [2.05, 4.69) is 11.2 Å². The van der Waals surface area contributed by atoms with Crippen molar-refractivity contribution in [2.24, 2.45) is 10.1 Å². The highest BCUT2D eigenvalue weighted by atomic mass is 32.1. The minimum atomic E-state index is -0.0621. The van der Waals surface area contributed by atoms with Gasteiger partial charge in [0.1, 0.15) is 22.8 Å². The van der Waals surface area contributed by atoms with E-state index in [1.165, 1.54) is 29.7 Å². The highest BCUT2D eigenvalue weighted by molar-refractivity contribution is 7.07. The quantitative estimate of drug-likeness (QED) is 0.321. The third-order valence-corrected chi connectivity index (χ3v) is 6.09. The maximum Gasteiger partial charge on any atom is 0.211 e. The molecule has 3 aromatic carbocycles. The Morgan fingerprint density at radius 1 is 0.970 bits per heavy atom. The lowest BCUT2D eigenvalue weighted by atomic mass is 10.1. The summed E-state index contributed by atoms with van der Waals surface area (Å²) in [6.07, 6.45) is 1.54. The third kappa shape index (κ3) is 4.18. The first-order valence-corrected chi connectivity index (χ1v) is 11.2. The minimum absolute atomic E-state index is 0.0126. The zero-order valence-corrected chi connectivity index (χ0v) is 18.9. The molecule has 0 aliphatic heterocycles. The highest BCUT2D eigenvalue weighted by Crippen LogP contribution is 2.29. The van der Waals surface area contributed by atoms with Gasteiger partial charge in [-0.15, -0.1) is 11.3 Å². The van der Waals surface area contributed by atoms with E-state index >= 15 is 0 Å². The Hall–Kier alpha value is -4.10. The molecule has 0 fully saturated rings. The number of aromatic hydroxyl groups is 2. The second kappa shape index (κ2) is 8.44. The normalized spacial score (nSPS) is 12.2. The van der Waals surface area contributed by atoms with Gasteiger partial charge in [0.25, 0.3) is 0 Å². The molecule has 5 aromatic rings. The monoisotopic (exact) mass is 455 g/mol. The molecule has 0 radical (unpaired) electrons. The fourth-order valence-electron chi connectivity index (χ4n) is 3.47. The van der Waals surface area contributed by atoms with Gasteiger partial charge in [0.05, 0.1) is 11.9 Å². The number of fused-ring (bicyclic) bond motifs is 1. The molecule has 2 aromatic heterocycles. The zero-order valence-electron chi connectivity index (χ0n) is 18.1. The average Bonchev–Trinajstić information content (AvgIpc) is 3.39. The summed E-state index contributed by atoms with van der Waals surface area (Å²) in [5.74, 6) is 0.594. The van der Waals surface area contributed by atoms with Crippen LogP contribution in [0.4, 0.5) is 5.69 Å². The van der Waals surface area contributed by atoms with Crippen LogP contribution in [0.25, 0.3) is 22.4 Å². The molecule has 2 heterocycles. The first-order chi connectivity index (χ1) is 16.0. The number of hydrogen-bond donors (Lipinski definition) is 2. The SMILES string of the molecule is Cc1ccc(C)c(N=c2scc(-c3cc4ccccc4o3)n2N=Cc2ccc(O)cc2O)c1. The summed E-state index contributed by atoms with van der Waals surface area (Å²) in [5, 5.41) is 27.3. The molecule has 2 N–H and O–H groups in total. The van der Waals surface area contributed by atoms with Crippen LogP contribution >= 0.6 is 11.3 Å². The third-order valence-electron chi connectivity index (χ3n) is 5.27. The standard InChI is InChI=1S/C26H21N3O3S/c1-16-7-8-17(2)21(11-16)28-26-29(27-14-19-9-10-20(30)13-23(19)31)22(15-33-26)25-12-18-5-3-4-6-24(18)32-25/h3-15,30-31H,1-2H3. The molecular formula is C26H21N3O3S. The number of nitrogens with zero attached hydrogens (tertiary/aromatic N) is 3. The minimum Gasteiger partial charge on any atom is -0.508 e. The summed E-state index contributed by atoms with van der Waals surface area (Å²) < 4.78 is 7.79. The van der Waals surface area contributed by atoms with Crippen LogP contribution in [0, 0.1) is 13.8 Å². The molecule has 0 bridgehead atoms. The number of rotatable bonds is 4. The number of hydrogen-bond acceptors (Lipinski definition) is 6. The van der Waals surface area contributed by atoms with Crippen molar-refractivity contribution >= 4 is 34.2 Å². The van der Waals surface area contributed by atoms with Gasteiger partial charge >= 0.3 is 0 Å². The van der Waals surface area contributed by atoms with E-state index in [1.807, 2.05) is 61.7 Å². The van der Waals surface area contributed by atoms with Crippen LogP contribution in [0.3, 0.4) is 0 Å². The number of para-hydroxylation sites is 1. The number of phenols is 2. The first kappa shape index (κ1) is 20.8. The number of thiazole rings is 1. The molecule has 5 rings (SSSR count). The van der Waals surface area contributed by atoms with Crippen LogP contribution in [-0.4, -0.2) is 21.1 Å². The van der Waals surface area contributed by atoms with Crippen molar-refractivity contribution < 1.29 is 14.6 Å². The molecular weight excluding hydrogens is 434 g/mol. The summed E-state index contributed by atoms with van der Waals surface area (Å²) in [6, 6.07) is 20.3. The van der Waals surface area contributed by atoms with Gasteiger partial charge in [0.2, 0.25) is 4.80 Å². The molecule has 0 atom stereocenters. The van der Waals surface area contributed by atoms with Crippen molar-refractivity contribution in [3.05, 3.63) is 93.6 Å². The Labute approximate surface area is 194 Å². The molecule has 33 heavy (non-hydrogen) atoms. The molecule has 164 valence electrons. The highest BCUT2D eigenvalue weighted by Gasteiger charge is 2.13. The predicted molar refractivity (Wildman–Crippen MR) is 131 cm³/mol. The van der Waals surface area contributed by atoms with Crippen LogP contribution in [0.1, 0.15) is 16.7 Å². The molecule has 0 unspecified atom stereocenters. The Morgan fingerprint density at radius 2 is 1.82 bits per heavy atom. The van der Waals surface area contributed by atoms with Gasteiger partial charge in [-0.2, -0.15) is 5.10 Å². The van der Waals surface area contributed by atoms with Gasteiger partial charge < -0.3 is 14.6 Å². The van der Waals surface area contributed by atoms with Gasteiger partial charge in [0.15, 0.2) is 5.76 Å². The van der Waals surface area contributed by atoms with Gasteiger partial charge in [-0.1, -0.05) is 30.3 Å². The molecule has 6 nitrogen and oxygen atoms in total. The smallest absolute Gasteiger partial charge is 0.211 e. The predicted octanol–water partition coefficient (Wildman–Crippen LogP) is 6.11. The van der Waals surface area contributed by atoms with Crippen LogP contribution in [0.15, 0.2) is 86.6 Å². The van der Waals surface area contributed by atoms with E-state index in [4.69, 9.17) is 9.41 Å². The number of furan rings is 1. The van der Waals surface area contributed by atoms with E-state index in [0.29, 0.717) is 16.1 Å². The lowest BCUT2D eigenvalue weighted by Crippen LogP contribution is -2.11. The summed E-state index contributed by atoms with van der Waals surface area (Å²) >= 11 is 1.45. The van der Waals surface area contributed by atoms with E-state index < -0.39 is 0 Å². The Morgan fingerprint density at radius 3 is 2.64 bits per heavy atom. The lowest BCUT2D eigenvalue weighted by molar-refractivity contribution is 0.450. The van der Waals surface area contributed by atoms with Gasteiger partial charge in [-0.3, -0.25) is 0 Å². The zero-order chi connectivity index (χ0) is 22.9. The van der Waals surface area contributed by atoms with Crippen molar-refractivity contribution in [3.63, 3.8) is 0 Å². The summed E-state index contributed by atoms with van der Waals surface area (Å²) in [5.41, 5.74) is 5.06. The molecule has 7 heteroatoms. The van der Waals surface area contributed by atoms with E-state index in [1.54, 1.807) is 10.7 Å². The lowest BCUT2D eigenvalue weighted by Gasteiger charge is -2.04. The molecule has 0 aliphatic carbocycles. The van der Waals surface area contributed by atoms with Crippen LogP contribution in [-0.2, 0) is 0 Å². The maximum atomic E-state index is 10.2. The van der Waals surface area contributed by atoms with E-state index in [9.17, 15) is 10.2 Å². The molecule has 0 aliphatic rings. The number of benzene rings is 3. The van der Waals surface area contributed by atoms with E-state index in [0.717, 1.165) is 33.5 Å². The largest absolute Gasteiger partial charge is 0.508 e. The Balaban J connectivity index is 1.69. The van der Waals surface area contributed by atoms with Crippen molar-refractivity contribution in [2.75, 3.05) is 0 Å². The number of aromatic nitrogens is 1. The first-order valence-electron chi connectivity index (χ1n) is 10.4. The number of phenolic OH excluding ortho intramolecular Hbond substituents is 2. The molecule has 0 saturated carbocycles. The molecule has 0 spiro atoms. The van der Waals surface area contributed by atoms with E-state index in [-0.39, 0.29) is 11.5 Å². The summed E-state index contributed by atoms with van der Waals surface area (Å²) in [7, 11) is 0. The second-order valence-corrected chi connectivity index (χ2v) is 8.59. The average molecular weight is 456 g/mol. The summed E-state index contributed by atoms with van der Waals surface area (Å²) in [6.45, 7) is 4.06. The Kier molecular flexibility index (Phi) is 5.32. The van der Waals surface area contributed by atoms with Crippen molar-refractivity contribution in [1.82, 2.24) is 4.68 Å². The fraction of sp³-hybridized carbons (Fsp3) is 0.0769. The van der Waals surface area contributed by atoms with Crippen LogP contribution < -0.4 is 4.80 Å². The van der Waals surface area contributed by atoms with Crippen molar-refractivity contribution in [2.45, 2.75) is 13.8 Å². The van der Waals surface area contributed by atoms with Gasteiger partial charge in [0, 0.05) is 22.4 Å². The van der Waals surface area contributed by atoms with Crippen molar-refractivity contribution in [1.29, 1.82) is 0 Å². The van der Waals surface area contributed by atoms with Crippen LogP contribution in [0.2, 0.25) is 0 Å². The van der Waals surface area contributed by atoms with Crippen molar-refractivity contribution in [3.8, 4) is 23.0 Å².